The molecule has 1 N–H and O–H groups in total. The van der Waals surface area contributed by atoms with Gasteiger partial charge in [0.25, 0.3) is 0 Å². The van der Waals surface area contributed by atoms with Gasteiger partial charge in [0.1, 0.15) is 5.82 Å². The van der Waals surface area contributed by atoms with Crippen LogP contribution in [0.15, 0.2) is 30.3 Å². The minimum absolute atomic E-state index is 0.137. The lowest BCUT2D eigenvalue weighted by atomic mass is 10.0. The Kier molecular flexibility index (Phi) is 3.33. The van der Waals surface area contributed by atoms with E-state index in [1.807, 2.05) is 0 Å². The average molecular weight is 208 g/mol. The minimum Gasteiger partial charge on any atom is -0.478 e. The van der Waals surface area contributed by atoms with Crippen molar-refractivity contribution >= 4 is 17.3 Å². The SMILES string of the molecule is CC(=O)C=C(C(=O)O)c1ccc(F)cc1. The molecule has 0 radical (unpaired) electrons. The number of carboxylic acid groups (broad SMARTS) is 1. The average Bonchev–Trinajstić information content (AvgIpc) is 2.15. The van der Waals surface area contributed by atoms with Crippen LogP contribution in [0.3, 0.4) is 0 Å². The molecule has 0 spiro atoms. The van der Waals surface area contributed by atoms with Crippen molar-refractivity contribution in [3.8, 4) is 0 Å². The van der Waals surface area contributed by atoms with Crippen molar-refractivity contribution in [2.45, 2.75) is 6.92 Å². The van der Waals surface area contributed by atoms with Gasteiger partial charge in [-0.15, -0.1) is 0 Å². The topological polar surface area (TPSA) is 54.4 Å². The summed E-state index contributed by atoms with van der Waals surface area (Å²) in [5.41, 5.74) is 0.168. The van der Waals surface area contributed by atoms with Crippen LogP contribution in [0.1, 0.15) is 12.5 Å². The molecule has 0 bridgehead atoms. The summed E-state index contributed by atoms with van der Waals surface area (Å²) >= 11 is 0. The van der Waals surface area contributed by atoms with Gasteiger partial charge in [-0.1, -0.05) is 12.1 Å². The molecule has 1 aromatic rings. The van der Waals surface area contributed by atoms with E-state index in [1.54, 1.807) is 0 Å². The summed E-state index contributed by atoms with van der Waals surface area (Å²) in [7, 11) is 0. The summed E-state index contributed by atoms with van der Waals surface area (Å²) in [6, 6.07) is 4.93. The van der Waals surface area contributed by atoms with Crippen LogP contribution in [0, 0.1) is 5.82 Å². The van der Waals surface area contributed by atoms with E-state index >= 15 is 0 Å². The van der Waals surface area contributed by atoms with Gasteiger partial charge in [0.15, 0.2) is 5.78 Å². The Balaban J connectivity index is 3.16. The molecule has 0 saturated heterocycles. The predicted octanol–water partition coefficient (Wildman–Crippen LogP) is 1.88. The van der Waals surface area contributed by atoms with E-state index in [4.69, 9.17) is 5.11 Å². The first-order chi connectivity index (χ1) is 7.00. The van der Waals surface area contributed by atoms with Crippen molar-refractivity contribution in [1.82, 2.24) is 0 Å². The van der Waals surface area contributed by atoms with Crippen LogP contribution >= 0.6 is 0 Å². The van der Waals surface area contributed by atoms with E-state index in [2.05, 4.69) is 0 Å². The van der Waals surface area contributed by atoms with Crippen molar-refractivity contribution in [1.29, 1.82) is 0 Å². The maximum atomic E-state index is 12.6. The molecule has 4 heteroatoms. The zero-order valence-electron chi connectivity index (χ0n) is 8.03. The molecule has 0 aliphatic rings. The highest BCUT2D eigenvalue weighted by molar-refractivity contribution is 6.20. The fraction of sp³-hybridized carbons (Fsp3) is 0.0909. The van der Waals surface area contributed by atoms with Crippen molar-refractivity contribution < 1.29 is 19.1 Å². The summed E-state index contributed by atoms with van der Waals surface area (Å²) in [6.07, 6.45) is 1.01. The number of carboxylic acids is 1. The third kappa shape index (κ3) is 3.02. The Morgan fingerprint density at radius 3 is 2.20 bits per heavy atom. The highest BCUT2D eigenvalue weighted by Crippen LogP contribution is 2.15. The molecule has 0 aliphatic carbocycles. The van der Waals surface area contributed by atoms with E-state index in [0.29, 0.717) is 5.56 Å². The van der Waals surface area contributed by atoms with E-state index in [1.165, 1.54) is 19.1 Å². The first-order valence-electron chi connectivity index (χ1n) is 4.22. The molecular formula is C11H9FO3. The maximum Gasteiger partial charge on any atom is 0.336 e. The number of hydrogen-bond acceptors (Lipinski definition) is 2. The smallest absolute Gasteiger partial charge is 0.336 e. The number of aliphatic carboxylic acids is 1. The van der Waals surface area contributed by atoms with Crippen LogP contribution in [-0.4, -0.2) is 16.9 Å². The van der Waals surface area contributed by atoms with Crippen LogP contribution in [0.2, 0.25) is 0 Å². The van der Waals surface area contributed by atoms with Gasteiger partial charge in [-0.2, -0.15) is 0 Å². The zero-order chi connectivity index (χ0) is 11.4. The molecule has 0 saturated carbocycles. The van der Waals surface area contributed by atoms with Gasteiger partial charge in [-0.25, -0.2) is 9.18 Å². The molecule has 1 aromatic carbocycles. The Hall–Kier alpha value is -1.97. The molecule has 1 rings (SSSR count). The fourth-order valence-corrected chi connectivity index (χ4v) is 1.10. The molecule has 3 nitrogen and oxygen atoms in total. The number of allylic oxidation sites excluding steroid dienone is 1. The molecule has 0 fully saturated rings. The van der Waals surface area contributed by atoms with Gasteiger partial charge >= 0.3 is 5.97 Å². The van der Waals surface area contributed by atoms with Gasteiger partial charge in [0.2, 0.25) is 0 Å². The van der Waals surface area contributed by atoms with Crippen LogP contribution < -0.4 is 0 Å². The lowest BCUT2D eigenvalue weighted by molar-refractivity contribution is -0.130. The van der Waals surface area contributed by atoms with E-state index in [9.17, 15) is 14.0 Å². The van der Waals surface area contributed by atoms with Crippen LogP contribution in [-0.2, 0) is 9.59 Å². The lowest BCUT2D eigenvalue weighted by Gasteiger charge is -2.01. The second-order valence-corrected chi connectivity index (χ2v) is 2.98. The van der Waals surface area contributed by atoms with Crippen molar-refractivity contribution in [3.63, 3.8) is 0 Å². The van der Waals surface area contributed by atoms with Crippen molar-refractivity contribution in [2.75, 3.05) is 0 Å². The molecular weight excluding hydrogens is 199 g/mol. The zero-order valence-corrected chi connectivity index (χ0v) is 8.03. The van der Waals surface area contributed by atoms with Gasteiger partial charge < -0.3 is 5.11 Å². The van der Waals surface area contributed by atoms with E-state index < -0.39 is 11.8 Å². The normalized spacial score (nSPS) is 11.2. The van der Waals surface area contributed by atoms with Crippen LogP contribution in [0.4, 0.5) is 4.39 Å². The summed E-state index contributed by atoms with van der Waals surface area (Å²) in [4.78, 5) is 21.6. The molecule has 15 heavy (non-hydrogen) atoms. The minimum atomic E-state index is -1.21. The lowest BCUT2D eigenvalue weighted by Crippen LogP contribution is -2.02. The third-order valence-electron chi connectivity index (χ3n) is 1.73. The largest absolute Gasteiger partial charge is 0.478 e. The fourth-order valence-electron chi connectivity index (χ4n) is 1.10. The Bertz CT molecular complexity index is 418. The van der Waals surface area contributed by atoms with E-state index in [-0.39, 0.29) is 11.4 Å². The highest BCUT2D eigenvalue weighted by atomic mass is 19.1. The Morgan fingerprint density at radius 2 is 1.80 bits per heavy atom. The first kappa shape index (κ1) is 11.1. The summed E-state index contributed by atoms with van der Waals surface area (Å²) in [5.74, 6) is -2.03. The van der Waals surface area contributed by atoms with Crippen LogP contribution in [0.25, 0.3) is 5.57 Å². The maximum absolute atomic E-state index is 12.6. The van der Waals surface area contributed by atoms with Gasteiger partial charge in [-0.05, 0) is 30.7 Å². The number of ketones is 1. The molecule has 0 aromatic heterocycles. The Labute approximate surface area is 85.8 Å². The molecule has 0 heterocycles. The number of benzene rings is 1. The van der Waals surface area contributed by atoms with Gasteiger partial charge in [0.05, 0.1) is 5.57 Å². The Morgan fingerprint density at radius 1 is 1.27 bits per heavy atom. The van der Waals surface area contributed by atoms with Crippen molar-refractivity contribution in [2.24, 2.45) is 0 Å². The predicted molar refractivity (Wildman–Crippen MR) is 52.7 cm³/mol. The third-order valence-corrected chi connectivity index (χ3v) is 1.73. The van der Waals surface area contributed by atoms with E-state index in [0.717, 1.165) is 18.2 Å². The first-order valence-corrected chi connectivity index (χ1v) is 4.22. The quantitative estimate of drug-likeness (QED) is 0.771. The second kappa shape index (κ2) is 4.50. The standard InChI is InChI=1S/C11H9FO3/c1-7(13)6-10(11(14)15)8-2-4-9(12)5-3-8/h2-6H,1H3,(H,14,15). The second-order valence-electron chi connectivity index (χ2n) is 2.98. The number of halogens is 1. The molecule has 0 atom stereocenters. The number of carbonyl (C=O) groups excluding carboxylic acids is 1. The molecule has 78 valence electrons. The number of hydrogen-bond donors (Lipinski definition) is 1. The summed E-state index contributed by atoms with van der Waals surface area (Å²) in [5, 5.41) is 8.83. The molecule has 0 amide bonds. The summed E-state index contributed by atoms with van der Waals surface area (Å²) in [6.45, 7) is 1.26. The van der Waals surface area contributed by atoms with Crippen LogP contribution in [0.5, 0.6) is 0 Å². The number of rotatable bonds is 3. The van der Waals surface area contributed by atoms with Gasteiger partial charge in [0, 0.05) is 0 Å². The molecule has 0 unspecified atom stereocenters. The number of carbonyl (C=O) groups is 2. The highest BCUT2D eigenvalue weighted by Gasteiger charge is 2.10. The van der Waals surface area contributed by atoms with Crippen molar-refractivity contribution in [3.05, 3.63) is 41.7 Å². The summed E-state index contributed by atoms with van der Waals surface area (Å²) < 4.78 is 12.6. The molecule has 0 aliphatic heterocycles. The van der Waals surface area contributed by atoms with Gasteiger partial charge in [-0.3, -0.25) is 4.79 Å². The monoisotopic (exact) mass is 208 g/mol.